The van der Waals surface area contributed by atoms with Gasteiger partial charge in [-0.15, -0.1) is 0 Å². The van der Waals surface area contributed by atoms with Crippen LogP contribution >= 0.6 is 0 Å². The summed E-state index contributed by atoms with van der Waals surface area (Å²) in [6, 6.07) is 3.36. The van der Waals surface area contributed by atoms with Crippen molar-refractivity contribution in [2.45, 2.75) is 32.5 Å². The molecule has 0 spiro atoms. The monoisotopic (exact) mass is 274 g/mol. The van der Waals surface area contributed by atoms with Crippen LogP contribution in [0.4, 0.5) is 18.9 Å². The number of benzene rings is 1. The van der Waals surface area contributed by atoms with E-state index in [2.05, 4.69) is 10.6 Å². The minimum absolute atomic E-state index is 0.0102. The molecule has 106 valence electrons. The standard InChI is InChI=1S/C13H17F3N2O/c1-8(17-3)6-10-7-11(13(14,15)16)4-5-12(10)18-9(2)19/h4-5,7-8,17H,6H2,1-3H3,(H,18,19). The predicted molar refractivity (Wildman–Crippen MR) is 68.0 cm³/mol. The molecule has 0 radical (unpaired) electrons. The third-order valence-corrected chi connectivity index (χ3v) is 2.76. The van der Waals surface area contributed by atoms with Gasteiger partial charge in [-0.25, -0.2) is 0 Å². The van der Waals surface area contributed by atoms with Crippen LogP contribution in [-0.2, 0) is 17.4 Å². The second-order valence-corrected chi connectivity index (χ2v) is 4.44. The Bertz CT molecular complexity index is 458. The van der Waals surface area contributed by atoms with E-state index in [-0.39, 0.29) is 11.9 Å². The van der Waals surface area contributed by atoms with Crippen LogP contribution in [0.5, 0.6) is 0 Å². The smallest absolute Gasteiger partial charge is 0.326 e. The largest absolute Gasteiger partial charge is 0.416 e. The molecule has 2 N–H and O–H groups in total. The molecule has 0 aliphatic heterocycles. The van der Waals surface area contributed by atoms with Gasteiger partial charge < -0.3 is 10.6 Å². The molecule has 1 unspecified atom stereocenters. The fraction of sp³-hybridized carbons (Fsp3) is 0.462. The van der Waals surface area contributed by atoms with Crippen molar-refractivity contribution in [3.63, 3.8) is 0 Å². The molecular formula is C13H17F3N2O. The molecule has 0 bridgehead atoms. The number of amides is 1. The molecule has 3 nitrogen and oxygen atoms in total. The highest BCUT2D eigenvalue weighted by Gasteiger charge is 2.31. The summed E-state index contributed by atoms with van der Waals surface area (Å²) in [5, 5.41) is 5.51. The van der Waals surface area contributed by atoms with E-state index in [1.54, 1.807) is 7.05 Å². The lowest BCUT2D eigenvalue weighted by Gasteiger charge is -2.16. The maximum absolute atomic E-state index is 12.7. The van der Waals surface area contributed by atoms with Gasteiger partial charge in [0.25, 0.3) is 0 Å². The van der Waals surface area contributed by atoms with E-state index in [1.807, 2.05) is 6.92 Å². The average molecular weight is 274 g/mol. The molecule has 1 rings (SSSR count). The van der Waals surface area contributed by atoms with Gasteiger partial charge in [0.1, 0.15) is 0 Å². The number of rotatable bonds is 4. The van der Waals surface area contributed by atoms with Crippen molar-refractivity contribution in [3.8, 4) is 0 Å². The highest BCUT2D eigenvalue weighted by Crippen LogP contribution is 2.32. The number of alkyl halides is 3. The molecule has 19 heavy (non-hydrogen) atoms. The molecule has 1 atom stereocenters. The highest BCUT2D eigenvalue weighted by molar-refractivity contribution is 5.89. The maximum atomic E-state index is 12.7. The fourth-order valence-corrected chi connectivity index (χ4v) is 1.68. The normalized spacial score (nSPS) is 13.2. The second kappa shape index (κ2) is 6.06. The lowest BCUT2D eigenvalue weighted by Crippen LogP contribution is -2.24. The summed E-state index contributed by atoms with van der Waals surface area (Å²) in [7, 11) is 1.73. The number of carbonyl (C=O) groups is 1. The van der Waals surface area contributed by atoms with E-state index in [1.165, 1.54) is 13.0 Å². The first-order valence-electron chi connectivity index (χ1n) is 5.89. The quantitative estimate of drug-likeness (QED) is 0.886. The lowest BCUT2D eigenvalue weighted by molar-refractivity contribution is -0.137. The molecule has 0 aromatic heterocycles. The van der Waals surface area contributed by atoms with Crippen LogP contribution in [0.1, 0.15) is 25.0 Å². The second-order valence-electron chi connectivity index (χ2n) is 4.44. The number of nitrogens with one attached hydrogen (secondary N) is 2. The van der Waals surface area contributed by atoms with Gasteiger partial charge in [0.2, 0.25) is 5.91 Å². The van der Waals surface area contributed by atoms with Gasteiger partial charge in [0.15, 0.2) is 0 Å². The summed E-state index contributed by atoms with van der Waals surface area (Å²) in [6.45, 7) is 3.18. The van der Waals surface area contributed by atoms with Gasteiger partial charge >= 0.3 is 6.18 Å². The van der Waals surface area contributed by atoms with Gasteiger partial charge in [-0.3, -0.25) is 4.79 Å². The Kier molecular flexibility index (Phi) is 4.94. The molecule has 1 aromatic rings. The van der Waals surface area contributed by atoms with Gasteiger partial charge in [-0.2, -0.15) is 13.2 Å². The van der Waals surface area contributed by atoms with Crippen molar-refractivity contribution in [2.24, 2.45) is 0 Å². The van der Waals surface area contributed by atoms with Crippen molar-refractivity contribution in [1.29, 1.82) is 0 Å². The Hall–Kier alpha value is -1.56. The molecule has 0 saturated carbocycles. The van der Waals surface area contributed by atoms with Crippen LogP contribution in [0.2, 0.25) is 0 Å². The van der Waals surface area contributed by atoms with Crippen molar-refractivity contribution in [1.82, 2.24) is 5.32 Å². The van der Waals surface area contributed by atoms with Gasteiger partial charge in [-0.1, -0.05) is 0 Å². The Morgan fingerprint density at radius 3 is 2.47 bits per heavy atom. The van der Waals surface area contributed by atoms with Crippen molar-refractivity contribution in [2.75, 3.05) is 12.4 Å². The summed E-state index contributed by atoms with van der Waals surface area (Å²) in [5.74, 6) is -0.307. The summed E-state index contributed by atoms with van der Waals surface area (Å²) < 4.78 is 38.0. The zero-order chi connectivity index (χ0) is 14.6. The Morgan fingerprint density at radius 2 is 2.00 bits per heavy atom. The number of halogens is 3. The number of anilines is 1. The summed E-state index contributed by atoms with van der Waals surface area (Å²) in [4.78, 5) is 11.1. The van der Waals surface area contributed by atoms with E-state index in [9.17, 15) is 18.0 Å². The fourth-order valence-electron chi connectivity index (χ4n) is 1.68. The highest BCUT2D eigenvalue weighted by atomic mass is 19.4. The van der Waals surface area contributed by atoms with Crippen LogP contribution in [0, 0.1) is 0 Å². The minimum Gasteiger partial charge on any atom is -0.326 e. The molecule has 1 aromatic carbocycles. The van der Waals surface area contributed by atoms with E-state index >= 15 is 0 Å². The zero-order valence-electron chi connectivity index (χ0n) is 11.1. The summed E-state index contributed by atoms with van der Waals surface area (Å²) in [5.41, 5.74) is 0.175. The van der Waals surface area contributed by atoms with Crippen LogP contribution in [0.25, 0.3) is 0 Å². The SMILES string of the molecule is CNC(C)Cc1cc(C(F)(F)F)ccc1NC(C)=O. The molecular weight excluding hydrogens is 257 g/mol. The predicted octanol–water partition coefficient (Wildman–Crippen LogP) is 2.81. The lowest BCUT2D eigenvalue weighted by atomic mass is 10.0. The number of hydrogen-bond donors (Lipinski definition) is 2. The Balaban J connectivity index is 3.14. The molecule has 6 heteroatoms. The van der Waals surface area contributed by atoms with Crippen LogP contribution in [-0.4, -0.2) is 19.0 Å². The number of carbonyl (C=O) groups excluding carboxylic acids is 1. The molecule has 0 fully saturated rings. The number of likely N-dealkylation sites (N-methyl/N-ethyl adjacent to an activating group) is 1. The summed E-state index contributed by atoms with van der Waals surface area (Å²) in [6.07, 6.45) is -3.98. The van der Waals surface area contributed by atoms with Gasteiger partial charge in [-0.05, 0) is 44.2 Å². The molecule has 1 amide bonds. The van der Waals surface area contributed by atoms with Crippen LogP contribution < -0.4 is 10.6 Å². The third-order valence-electron chi connectivity index (χ3n) is 2.76. The first-order chi connectivity index (χ1) is 8.74. The van der Waals surface area contributed by atoms with Crippen LogP contribution in [0.3, 0.4) is 0 Å². The molecule has 0 aliphatic rings. The Morgan fingerprint density at radius 1 is 1.37 bits per heavy atom. The van der Waals surface area contributed by atoms with Crippen molar-refractivity contribution in [3.05, 3.63) is 29.3 Å². The maximum Gasteiger partial charge on any atom is 0.416 e. The van der Waals surface area contributed by atoms with Crippen LogP contribution in [0.15, 0.2) is 18.2 Å². The van der Waals surface area contributed by atoms with Gasteiger partial charge in [0.05, 0.1) is 5.56 Å². The van der Waals surface area contributed by atoms with Crippen molar-refractivity contribution < 1.29 is 18.0 Å². The number of hydrogen-bond acceptors (Lipinski definition) is 2. The average Bonchev–Trinajstić information content (AvgIpc) is 2.29. The minimum atomic E-state index is -4.38. The van der Waals surface area contributed by atoms with E-state index in [0.717, 1.165) is 12.1 Å². The van der Waals surface area contributed by atoms with E-state index in [4.69, 9.17) is 0 Å². The third kappa shape index (κ3) is 4.55. The Labute approximate surface area is 110 Å². The molecule has 0 heterocycles. The van der Waals surface area contributed by atoms with E-state index in [0.29, 0.717) is 17.7 Å². The first-order valence-corrected chi connectivity index (χ1v) is 5.89. The van der Waals surface area contributed by atoms with Crippen molar-refractivity contribution >= 4 is 11.6 Å². The first kappa shape index (κ1) is 15.5. The molecule has 0 aliphatic carbocycles. The topological polar surface area (TPSA) is 41.1 Å². The molecule has 0 saturated heterocycles. The summed E-state index contributed by atoms with van der Waals surface area (Å²) >= 11 is 0. The zero-order valence-corrected chi connectivity index (χ0v) is 11.1. The van der Waals surface area contributed by atoms with Gasteiger partial charge in [0, 0.05) is 18.7 Å². The van der Waals surface area contributed by atoms with E-state index < -0.39 is 11.7 Å².